The number of nitrogens with one attached hydrogen (secondary N) is 2. The van der Waals surface area contributed by atoms with Crippen LogP contribution in [0, 0.1) is 19.7 Å². The van der Waals surface area contributed by atoms with Gasteiger partial charge in [0.2, 0.25) is 0 Å². The Morgan fingerprint density at radius 1 is 0.839 bits per heavy atom. The zero-order valence-corrected chi connectivity index (χ0v) is 16.8. The van der Waals surface area contributed by atoms with Gasteiger partial charge < -0.3 is 10.6 Å². The SMILES string of the molecule is Cc1nc2cc(F)cc(C(=O)Nc3cccc(NC(=O)c4ccncc4)c3)c2nc1C. The molecule has 0 saturated heterocycles. The maximum atomic E-state index is 14.1. The van der Waals surface area contributed by atoms with Crippen LogP contribution in [0.1, 0.15) is 32.1 Å². The van der Waals surface area contributed by atoms with E-state index in [1.54, 1.807) is 50.2 Å². The van der Waals surface area contributed by atoms with Gasteiger partial charge in [-0.25, -0.2) is 14.4 Å². The van der Waals surface area contributed by atoms with Gasteiger partial charge in [-0.2, -0.15) is 0 Å². The molecule has 0 spiro atoms. The highest BCUT2D eigenvalue weighted by Gasteiger charge is 2.16. The topological polar surface area (TPSA) is 96.9 Å². The molecule has 0 aliphatic carbocycles. The molecule has 0 bridgehead atoms. The van der Waals surface area contributed by atoms with Crippen molar-refractivity contribution in [3.05, 3.63) is 89.3 Å². The van der Waals surface area contributed by atoms with E-state index in [4.69, 9.17) is 0 Å². The number of halogens is 1. The molecule has 2 N–H and O–H groups in total. The molecule has 0 atom stereocenters. The number of hydrogen-bond donors (Lipinski definition) is 2. The first-order chi connectivity index (χ1) is 14.9. The summed E-state index contributed by atoms with van der Waals surface area (Å²) in [5.41, 5.74) is 3.44. The summed E-state index contributed by atoms with van der Waals surface area (Å²) < 4.78 is 14.1. The zero-order valence-electron chi connectivity index (χ0n) is 16.8. The highest BCUT2D eigenvalue weighted by Crippen LogP contribution is 2.22. The van der Waals surface area contributed by atoms with Crippen LogP contribution < -0.4 is 10.6 Å². The third-order valence-corrected chi connectivity index (χ3v) is 4.71. The van der Waals surface area contributed by atoms with Crippen molar-refractivity contribution in [2.75, 3.05) is 10.6 Å². The fourth-order valence-electron chi connectivity index (χ4n) is 3.05. The first kappa shape index (κ1) is 20.1. The molecular weight excluding hydrogens is 397 g/mol. The first-order valence-electron chi connectivity index (χ1n) is 9.48. The van der Waals surface area contributed by atoms with E-state index in [-0.39, 0.29) is 11.5 Å². The van der Waals surface area contributed by atoms with E-state index in [9.17, 15) is 14.0 Å². The van der Waals surface area contributed by atoms with Gasteiger partial charge in [0.05, 0.1) is 22.5 Å². The zero-order chi connectivity index (χ0) is 22.0. The molecule has 4 rings (SSSR count). The lowest BCUT2D eigenvalue weighted by atomic mass is 10.1. The second kappa shape index (κ2) is 8.27. The number of carbonyl (C=O) groups excluding carboxylic acids is 2. The van der Waals surface area contributed by atoms with Gasteiger partial charge in [0.1, 0.15) is 11.3 Å². The van der Waals surface area contributed by atoms with Crippen molar-refractivity contribution in [1.82, 2.24) is 15.0 Å². The minimum Gasteiger partial charge on any atom is -0.322 e. The van der Waals surface area contributed by atoms with Crippen LogP contribution in [0.5, 0.6) is 0 Å². The number of rotatable bonds is 4. The van der Waals surface area contributed by atoms with E-state index in [0.717, 1.165) is 6.07 Å². The van der Waals surface area contributed by atoms with Gasteiger partial charge >= 0.3 is 0 Å². The van der Waals surface area contributed by atoms with Crippen LogP contribution in [0.15, 0.2) is 60.9 Å². The molecule has 31 heavy (non-hydrogen) atoms. The fourth-order valence-corrected chi connectivity index (χ4v) is 3.05. The van der Waals surface area contributed by atoms with E-state index in [1.165, 1.54) is 18.5 Å². The van der Waals surface area contributed by atoms with Crippen molar-refractivity contribution in [3.8, 4) is 0 Å². The first-order valence-corrected chi connectivity index (χ1v) is 9.48. The average Bonchev–Trinajstić information content (AvgIpc) is 2.75. The van der Waals surface area contributed by atoms with Crippen LogP contribution in [0.3, 0.4) is 0 Å². The van der Waals surface area contributed by atoms with Crippen LogP contribution in [-0.2, 0) is 0 Å². The number of hydrogen-bond acceptors (Lipinski definition) is 5. The van der Waals surface area contributed by atoms with Crippen molar-refractivity contribution in [2.24, 2.45) is 0 Å². The summed E-state index contributed by atoms with van der Waals surface area (Å²) >= 11 is 0. The van der Waals surface area contributed by atoms with Gasteiger partial charge in [0.15, 0.2) is 0 Å². The van der Waals surface area contributed by atoms with Gasteiger partial charge in [0.25, 0.3) is 11.8 Å². The van der Waals surface area contributed by atoms with Crippen molar-refractivity contribution in [3.63, 3.8) is 0 Å². The van der Waals surface area contributed by atoms with E-state index >= 15 is 0 Å². The number of anilines is 2. The third-order valence-electron chi connectivity index (χ3n) is 4.71. The van der Waals surface area contributed by atoms with E-state index < -0.39 is 11.7 Å². The van der Waals surface area contributed by atoms with E-state index in [1.807, 2.05) is 0 Å². The van der Waals surface area contributed by atoms with E-state index in [2.05, 4.69) is 25.6 Å². The number of amides is 2. The van der Waals surface area contributed by atoms with Gasteiger partial charge in [0, 0.05) is 35.4 Å². The molecule has 2 amide bonds. The largest absolute Gasteiger partial charge is 0.322 e. The second-order valence-corrected chi connectivity index (χ2v) is 6.94. The normalized spacial score (nSPS) is 10.7. The van der Waals surface area contributed by atoms with Gasteiger partial charge in [-0.1, -0.05) is 6.07 Å². The van der Waals surface area contributed by atoms with Crippen LogP contribution in [0.4, 0.5) is 15.8 Å². The summed E-state index contributed by atoms with van der Waals surface area (Å²) in [4.78, 5) is 37.9. The number of aryl methyl sites for hydroxylation is 2. The van der Waals surface area contributed by atoms with Gasteiger partial charge in [-0.15, -0.1) is 0 Å². The summed E-state index contributed by atoms with van der Waals surface area (Å²) in [5, 5.41) is 5.49. The summed E-state index contributed by atoms with van der Waals surface area (Å²) in [7, 11) is 0. The number of carbonyl (C=O) groups is 2. The number of fused-ring (bicyclic) bond motifs is 1. The van der Waals surface area contributed by atoms with Gasteiger partial charge in [-0.3, -0.25) is 14.6 Å². The number of pyridine rings is 1. The predicted molar refractivity (Wildman–Crippen MR) is 116 cm³/mol. The lowest BCUT2D eigenvalue weighted by Crippen LogP contribution is -2.15. The molecule has 2 aromatic carbocycles. The molecule has 0 radical (unpaired) electrons. The van der Waals surface area contributed by atoms with Crippen LogP contribution in [0.2, 0.25) is 0 Å². The molecule has 154 valence electrons. The second-order valence-electron chi connectivity index (χ2n) is 6.94. The van der Waals surface area contributed by atoms with Crippen LogP contribution in [0.25, 0.3) is 11.0 Å². The van der Waals surface area contributed by atoms with E-state index in [0.29, 0.717) is 39.4 Å². The van der Waals surface area contributed by atoms with Crippen LogP contribution in [-0.4, -0.2) is 26.8 Å². The van der Waals surface area contributed by atoms with Crippen molar-refractivity contribution < 1.29 is 14.0 Å². The highest BCUT2D eigenvalue weighted by atomic mass is 19.1. The Labute approximate surface area is 177 Å². The Hall–Kier alpha value is -4.20. The quantitative estimate of drug-likeness (QED) is 0.518. The molecule has 0 saturated carbocycles. The molecular formula is C23H18FN5O2. The molecule has 0 aliphatic rings. The molecule has 2 aromatic heterocycles. The number of benzene rings is 2. The average molecular weight is 415 g/mol. The lowest BCUT2D eigenvalue weighted by molar-refractivity contribution is 0.102. The summed E-state index contributed by atoms with van der Waals surface area (Å²) in [6.07, 6.45) is 3.06. The van der Waals surface area contributed by atoms with Crippen molar-refractivity contribution in [2.45, 2.75) is 13.8 Å². The van der Waals surface area contributed by atoms with Crippen molar-refractivity contribution >= 4 is 34.2 Å². The maximum Gasteiger partial charge on any atom is 0.258 e. The molecule has 0 fully saturated rings. The Morgan fingerprint density at radius 3 is 2.19 bits per heavy atom. The van der Waals surface area contributed by atoms with Gasteiger partial charge in [-0.05, 0) is 50.2 Å². The Kier molecular flexibility index (Phi) is 5.36. The molecule has 0 unspecified atom stereocenters. The molecule has 7 nitrogen and oxygen atoms in total. The highest BCUT2D eigenvalue weighted by molar-refractivity contribution is 6.12. The van der Waals surface area contributed by atoms with Crippen LogP contribution >= 0.6 is 0 Å². The molecule has 8 heteroatoms. The van der Waals surface area contributed by atoms with Crippen molar-refractivity contribution in [1.29, 1.82) is 0 Å². The Balaban J connectivity index is 1.59. The Bertz CT molecular complexity index is 1310. The fraction of sp³-hybridized carbons (Fsp3) is 0.0870. The smallest absolute Gasteiger partial charge is 0.258 e. The Morgan fingerprint density at radius 2 is 1.48 bits per heavy atom. The minimum absolute atomic E-state index is 0.0804. The molecule has 4 aromatic rings. The monoisotopic (exact) mass is 415 g/mol. The number of aromatic nitrogens is 3. The summed E-state index contributed by atoms with van der Waals surface area (Å²) in [6.45, 7) is 3.56. The third kappa shape index (κ3) is 4.37. The summed E-state index contributed by atoms with van der Waals surface area (Å²) in [5.74, 6) is -1.41. The minimum atomic E-state index is -0.575. The number of nitrogens with zero attached hydrogens (tertiary/aromatic N) is 3. The molecule has 0 aliphatic heterocycles. The molecule has 2 heterocycles. The summed E-state index contributed by atoms with van der Waals surface area (Å²) in [6, 6.07) is 12.2. The maximum absolute atomic E-state index is 14.1. The lowest BCUT2D eigenvalue weighted by Gasteiger charge is -2.11. The predicted octanol–water partition coefficient (Wildman–Crippen LogP) is 4.29. The standard InChI is InChI=1S/C23H18FN5O2/c1-13-14(2)27-21-19(10-16(24)11-20(21)26-13)23(31)29-18-5-3-4-17(12-18)28-22(30)15-6-8-25-9-7-15/h3-12H,1-2H3,(H,28,30)(H,29,31).